The highest BCUT2D eigenvalue weighted by Crippen LogP contribution is 2.32. The molecule has 1 fully saturated rings. The van der Waals surface area contributed by atoms with Gasteiger partial charge >= 0.3 is 4.94 Å². The summed E-state index contributed by atoms with van der Waals surface area (Å²) in [5.41, 5.74) is 2.02. The molecule has 2 aromatic rings. The molecule has 0 spiro atoms. The Bertz CT molecular complexity index is 551. The lowest BCUT2D eigenvalue weighted by Gasteiger charge is -2.22. The zero-order chi connectivity index (χ0) is 11.0. The summed E-state index contributed by atoms with van der Waals surface area (Å²) < 4.78 is 6.27. The Kier molecular flexibility index (Phi) is 2.53. The van der Waals surface area contributed by atoms with Crippen LogP contribution in [-0.4, -0.2) is 13.1 Å². The summed E-state index contributed by atoms with van der Waals surface area (Å²) in [4.78, 5) is 11.1. The van der Waals surface area contributed by atoms with Crippen LogP contribution in [0.4, 0.5) is 0 Å². The normalized spacial score (nSPS) is 18.0. The summed E-state index contributed by atoms with van der Waals surface area (Å²) in [5, 5.41) is 3.35. The number of hydrogen-bond acceptors (Lipinski definition) is 4. The first-order valence-electron chi connectivity index (χ1n) is 5.58. The minimum Gasteiger partial charge on any atom is -0.414 e. The zero-order valence-corrected chi connectivity index (χ0v) is 9.68. The van der Waals surface area contributed by atoms with Crippen molar-refractivity contribution in [2.45, 2.75) is 18.8 Å². The monoisotopic (exact) mass is 235 g/mol. The average molecular weight is 235 g/mol. The van der Waals surface area contributed by atoms with E-state index in [1.54, 1.807) is 0 Å². The Morgan fingerprint density at radius 3 is 2.94 bits per heavy atom. The second-order valence-corrected chi connectivity index (χ2v) is 5.13. The zero-order valence-electron chi connectivity index (χ0n) is 8.86. The lowest BCUT2D eigenvalue weighted by molar-refractivity contribution is 0.456. The summed E-state index contributed by atoms with van der Waals surface area (Å²) in [5.74, 6) is 0.530. The minimum atomic E-state index is -0.198. The molecule has 0 unspecified atom stereocenters. The molecule has 1 aromatic carbocycles. The molecule has 0 radical (unpaired) electrons. The summed E-state index contributed by atoms with van der Waals surface area (Å²) >= 11 is 1.19. The highest BCUT2D eigenvalue weighted by molar-refractivity contribution is 7.16. The summed E-state index contributed by atoms with van der Waals surface area (Å²) in [6.45, 7) is 2.10. The SMILES string of the molecule is O=c1oc2c(C3CCNCC3)cccc2s1. The van der Waals surface area contributed by atoms with Gasteiger partial charge in [-0.1, -0.05) is 23.5 Å². The first-order valence-corrected chi connectivity index (χ1v) is 6.39. The molecular formula is C12H13NO2S. The maximum Gasteiger partial charge on any atom is 0.396 e. The number of fused-ring (bicyclic) bond motifs is 1. The van der Waals surface area contributed by atoms with Gasteiger partial charge in [-0.05, 0) is 43.5 Å². The average Bonchev–Trinajstić information content (AvgIpc) is 2.70. The summed E-state index contributed by atoms with van der Waals surface area (Å²) in [7, 11) is 0. The van der Waals surface area contributed by atoms with Crippen molar-refractivity contribution in [3.8, 4) is 0 Å². The number of rotatable bonds is 1. The van der Waals surface area contributed by atoms with Gasteiger partial charge in [-0.3, -0.25) is 0 Å². The van der Waals surface area contributed by atoms with E-state index >= 15 is 0 Å². The highest BCUT2D eigenvalue weighted by Gasteiger charge is 2.19. The molecule has 16 heavy (non-hydrogen) atoms. The Morgan fingerprint density at radius 1 is 1.31 bits per heavy atom. The molecule has 1 aliphatic heterocycles. The van der Waals surface area contributed by atoms with Crippen LogP contribution in [0.25, 0.3) is 10.3 Å². The van der Waals surface area contributed by atoms with Crippen LogP contribution in [-0.2, 0) is 0 Å². The number of para-hydroxylation sites is 1. The van der Waals surface area contributed by atoms with Crippen LogP contribution in [0.5, 0.6) is 0 Å². The largest absolute Gasteiger partial charge is 0.414 e. The van der Waals surface area contributed by atoms with Crippen LogP contribution in [0.15, 0.2) is 27.4 Å². The van der Waals surface area contributed by atoms with Crippen LogP contribution >= 0.6 is 11.3 Å². The van der Waals surface area contributed by atoms with Gasteiger partial charge < -0.3 is 9.73 Å². The third kappa shape index (κ3) is 1.68. The molecule has 1 saturated heterocycles. The molecule has 4 heteroatoms. The third-order valence-electron chi connectivity index (χ3n) is 3.17. The van der Waals surface area contributed by atoms with Crippen molar-refractivity contribution in [2.75, 3.05) is 13.1 Å². The van der Waals surface area contributed by atoms with Crippen LogP contribution in [0.2, 0.25) is 0 Å². The van der Waals surface area contributed by atoms with Crippen LogP contribution in [0.3, 0.4) is 0 Å². The second-order valence-electron chi connectivity index (χ2n) is 4.15. The van der Waals surface area contributed by atoms with Crippen molar-refractivity contribution in [3.63, 3.8) is 0 Å². The van der Waals surface area contributed by atoms with Crippen LogP contribution in [0.1, 0.15) is 24.3 Å². The second kappa shape index (κ2) is 4.03. The predicted molar refractivity (Wildman–Crippen MR) is 65.2 cm³/mol. The van der Waals surface area contributed by atoms with Gasteiger partial charge in [-0.15, -0.1) is 0 Å². The Morgan fingerprint density at radius 2 is 2.12 bits per heavy atom. The lowest BCUT2D eigenvalue weighted by atomic mass is 9.90. The van der Waals surface area contributed by atoms with Crippen LogP contribution in [0, 0.1) is 0 Å². The van der Waals surface area contributed by atoms with Crippen molar-refractivity contribution in [2.24, 2.45) is 0 Å². The number of benzene rings is 1. The lowest BCUT2D eigenvalue weighted by Crippen LogP contribution is -2.26. The van der Waals surface area contributed by atoms with E-state index in [0.29, 0.717) is 5.92 Å². The topological polar surface area (TPSA) is 42.2 Å². The van der Waals surface area contributed by atoms with Gasteiger partial charge in [0.1, 0.15) is 0 Å². The summed E-state index contributed by atoms with van der Waals surface area (Å²) in [6, 6.07) is 6.06. The van der Waals surface area contributed by atoms with Crippen molar-refractivity contribution >= 4 is 21.6 Å². The predicted octanol–water partition coefficient (Wildman–Crippen LogP) is 2.32. The molecule has 3 nitrogen and oxygen atoms in total. The fraction of sp³-hybridized carbons (Fsp3) is 0.417. The molecule has 3 rings (SSSR count). The molecular weight excluding hydrogens is 222 g/mol. The first kappa shape index (κ1) is 10.1. The highest BCUT2D eigenvalue weighted by atomic mass is 32.1. The quantitative estimate of drug-likeness (QED) is 0.824. The van der Waals surface area contributed by atoms with E-state index in [0.717, 1.165) is 36.2 Å². The minimum absolute atomic E-state index is 0.198. The number of hydrogen-bond donors (Lipinski definition) is 1. The summed E-state index contributed by atoms with van der Waals surface area (Å²) in [6.07, 6.45) is 2.25. The fourth-order valence-corrected chi connectivity index (χ4v) is 3.07. The molecule has 0 atom stereocenters. The molecule has 84 valence electrons. The standard InChI is InChI=1S/C12H13NO2S/c14-12-15-11-9(2-1-3-10(11)16-12)8-4-6-13-7-5-8/h1-3,8,13H,4-7H2. The van der Waals surface area contributed by atoms with Gasteiger partial charge in [0.15, 0.2) is 5.58 Å². The van der Waals surface area contributed by atoms with Crippen molar-refractivity contribution < 1.29 is 4.42 Å². The van der Waals surface area contributed by atoms with Crippen LogP contribution < -0.4 is 10.3 Å². The molecule has 1 N–H and O–H groups in total. The molecule has 0 bridgehead atoms. The van der Waals surface area contributed by atoms with E-state index in [1.807, 2.05) is 12.1 Å². The molecule has 0 amide bonds. The van der Waals surface area contributed by atoms with Gasteiger partial charge in [0.25, 0.3) is 0 Å². The fourth-order valence-electron chi connectivity index (χ4n) is 2.37. The van der Waals surface area contributed by atoms with E-state index in [1.165, 1.54) is 16.9 Å². The van der Waals surface area contributed by atoms with Gasteiger partial charge in [-0.2, -0.15) is 0 Å². The van der Waals surface area contributed by atoms with Gasteiger partial charge in [0.05, 0.1) is 4.70 Å². The Balaban J connectivity index is 2.11. The molecule has 1 aromatic heterocycles. The first-order chi connectivity index (χ1) is 7.84. The van der Waals surface area contributed by atoms with E-state index < -0.39 is 0 Å². The Labute approximate surface area is 97.1 Å². The number of nitrogens with one attached hydrogen (secondary N) is 1. The van der Waals surface area contributed by atoms with E-state index in [9.17, 15) is 4.79 Å². The molecule has 2 heterocycles. The molecule has 0 aliphatic carbocycles. The molecule has 0 saturated carbocycles. The van der Waals surface area contributed by atoms with E-state index in [4.69, 9.17) is 4.42 Å². The van der Waals surface area contributed by atoms with E-state index in [-0.39, 0.29) is 4.94 Å². The van der Waals surface area contributed by atoms with E-state index in [2.05, 4.69) is 11.4 Å². The van der Waals surface area contributed by atoms with Crippen molar-refractivity contribution in [1.29, 1.82) is 0 Å². The van der Waals surface area contributed by atoms with Gasteiger partial charge in [0.2, 0.25) is 0 Å². The van der Waals surface area contributed by atoms with Crippen molar-refractivity contribution in [1.82, 2.24) is 5.32 Å². The Hall–Kier alpha value is -1.13. The van der Waals surface area contributed by atoms with Crippen molar-refractivity contribution in [3.05, 3.63) is 33.5 Å². The maximum atomic E-state index is 11.3. The third-order valence-corrected chi connectivity index (χ3v) is 3.96. The number of piperidine rings is 1. The maximum absolute atomic E-state index is 11.3. The smallest absolute Gasteiger partial charge is 0.396 e. The molecule has 1 aliphatic rings. The van der Waals surface area contributed by atoms with Gasteiger partial charge in [-0.25, -0.2) is 4.79 Å². The van der Waals surface area contributed by atoms with Gasteiger partial charge in [0, 0.05) is 0 Å².